The molecule has 0 aliphatic heterocycles. The summed E-state index contributed by atoms with van der Waals surface area (Å²) in [5.74, 6) is 1.13. The third-order valence-corrected chi connectivity index (χ3v) is 9.60. The number of hydrogen-bond acceptors (Lipinski definition) is 7. The van der Waals surface area contributed by atoms with Crippen molar-refractivity contribution in [2.24, 2.45) is 28.9 Å². The number of hydrogen-bond donors (Lipinski definition) is 3. The molecule has 4 N–H and O–H groups in total. The van der Waals surface area contributed by atoms with Gasteiger partial charge in [-0.1, -0.05) is 26.7 Å². The number of nitrogens with one attached hydrogen (secondary N) is 1. The molecule has 5 saturated carbocycles. The number of aliphatic hydroxyl groups is 1. The summed E-state index contributed by atoms with van der Waals surface area (Å²) >= 11 is 1.62. The summed E-state index contributed by atoms with van der Waals surface area (Å²) in [6.45, 7) is 4.07. The number of rotatable bonds is 9. The van der Waals surface area contributed by atoms with E-state index in [4.69, 9.17) is 15.0 Å². The second-order valence-corrected chi connectivity index (χ2v) is 13.3. The van der Waals surface area contributed by atoms with Gasteiger partial charge in [0, 0.05) is 23.1 Å². The molecule has 0 saturated heterocycles. The van der Waals surface area contributed by atoms with Crippen molar-refractivity contribution in [1.82, 2.24) is 10.5 Å². The quantitative estimate of drug-likeness (QED) is 0.481. The molecular formula is C25H37N3O5S. The average molecular weight is 492 g/mol. The number of carbonyl (C=O) groups is 2. The van der Waals surface area contributed by atoms with Crippen LogP contribution in [0.5, 0.6) is 5.88 Å². The highest BCUT2D eigenvalue weighted by molar-refractivity contribution is 8.00. The molecule has 5 aliphatic rings. The maximum Gasteiger partial charge on any atom is 0.291 e. The van der Waals surface area contributed by atoms with Gasteiger partial charge in [-0.05, 0) is 67.9 Å². The van der Waals surface area contributed by atoms with Crippen LogP contribution in [0.15, 0.2) is 9.42 Å². The molecular weight excluding hydrogens is 454 g/mol. The van der Waals surface area contributed by atoms with Crippen molar-refractivity contribution in [3.63, 3.8) is 0 Å². The van der Waals surface area contributed by atoms with Gasteiger partial charge in [-0.15, -0.1) is 11.8 Å². The third-order valence-electron chi connectivity index (χ3n) is 8.20. The van der Waals surface area contributed by atoms with Crippen LogP contribution in [0.4, 0.5) is 0 Å². The van der Waals surface area contributed by atoms with Gasteiger partial charge in [-0.2, -0.15) is 0 Å². The Hall–Kier alpha value is -1.74. The number of thioether (sulfide) groups is 1. The van der Waals surface area contributed by atoms with E-state index < -0.39 is 11.0 Å². The minimum Gasteiger partial charge on any atom is -0.474 e. The standard InChI is InChI=1S/C25H37N3O5S/c1-24(2,12-18(26)29)13-32-23-21(34-17-5-3-4-6-17)20(33-28-23)22(30)27-19-15-7-14-8-16(19)11-25(31,9-14)10-15/h14-17,19,31H,3-13H2,1-2H3,(H2,26,29)(H,27,30). The second kappa shape index (κ2) is 9.04. The normalized spacial score (nSPS) is 32.8. The predicted octanol–water partition coefficient (Wildman–Crippen LogP) is 3.66. The number of nitrogens with two attached hydrogens (primary N) is 1. The highest BCUT2D eigenvalue weighted by Gasteiger charge is 2.55. The van der Waals surface area contributed by atoms with Crippen molar-refractivity contribution in [2.45, 2.75) is 99.8 Å². The number of aromatic nitrogens is 1. The molecule has 8 nitrogen and oxygen atoms in total. The smallest absolute Gasteiger partial charge is 0.291 e. The van der Waals surface area contributed by atoms with Gasteiger partial charge in [-0.25, -0.2) is 0 Å². The Bertz CT molecular complexity index is 925. The molecule has 1 aromatic heterocycles. The van der Waals surface area contributed by atoms with Gasteiger partial charge < -0.3 is 25.4 Å². The zero-order valence-corrected chi connectivity index (χ0v) is 21.0. The Labute approximate surface area is 205 Å². The maximum absolute atomic E-state index is 13.4. The van der Waals surface area contributed by atoms with Crippen LogP contribution in [0.25, 0.3) is 0 Å². The van der Waals surface area contributed by atoms with E-state index >= 15 is 0 Å². The number of amides is 2. The van der Waals surface area contributed by atoms with Crippen LogP contribution in [0.2, 0.25) is 0 Å². The largest absolute Gasteiger partial charge is 0.474 e. The van der Waals surface area contributed by atoms with Gasteiger partial charge >= 0.3 is 0 Å². The molecule has 6 rings (SSSR count). The Morgan fingerprint density at radius 3 is 2.53 bits per heavy atom. The van der Waals surface area contributed by atoms with E-state index in [2.05, 4.69) is 10.5 Å². The summed E-state index contributed by atoms with van der Waals surface area (Å²) in [6, 6.07) is 0.0672. The fourth-order valence-corrected chi connectivity index (χ4v) is 8.34. The first kappa shape index (κ1) is 24.0. The minimum absolute atomic E-state index is 0.0672. The molecule has 2 unspecified atom stereocenters. The van der Waals surface area contributed by atoms with E-state index in [9.17, 15) is 14.7 Å². The molecule has 1 heterocycles. The zero-order valence-electron chi connectivity index (χ0n) is 20.2. The van der Waals surface area contributed by atoms with Gasteiger partial charge in [0.05, 0.1) is 12.2 Å². The van der Waals surface area contributed by atoms with E-state index in [0.29, 0.717) is 33.8 Å². The lowest BCUT2D eigenvalue weighted by Crippen LogP contribution is -2.61. The van der Waals surface area contributed by atoms with Crippen molar-refractivity contribution in [3.8, 4) is 5.88 Å². The number of nitrogens with zero attached hydrogens (tertiary/aromatic N) is 1. The average Bonchev–Trinajstić information content (AvgIpc) is 3.37. The fourth-order valence-electron chi connectivity index (χ4n) is 7.00. The molecule has 188 valence electrons. The van der Waals surface area contributed by atoms with Crippen molar-refractivity contribution in [1.29, 1.82) is 0 Å². The molecule has 34 heavy (non-hydrogen) atoms. The Balaban J connectivity index is 1.32. The summed E-state index contributed by atoms with van der Waals surface area (Å²) in [7, 11) is 0. The van der Waals surface area contributed by atoms with Crippen LogP contribution in [-0.2, 0) is 4.79 Å². The molecule has 0 spiro atoms. The van der Waals surface area contributed by atoms with E-state index in [1.807, 2.05) is 13.8 Å². The van der Waals surface area contributed by atoms with Gasteiger partial charge in [0.1, 0.15) is 4.90 Å². The molecule has 9 heteroatoms. The second-order valence-electron chi connectivity index (χ2n) is 12.0. The molecule has 5 fully saturated rings. The molecule has 1 aromatic rings. The van der Waals surface area contributed by atoms with Gasteiger partial charge in [0.2, 0.25) is 11.7 Å². The van der Waals surface area contributed by atoms with Crippen molar-refractivity contribution >= 4 is 23.6 Å². The molecule has 2 atom stereocenters. The van der Waals surface area contributed by atoms with Gasteiger partial charge in [0.15, 0.2) is 0 Å². The number of ether oxygens (including phenoxy) is 1. The van der Waals surface area contributed by atoms with Crippen LogP contribution in [-0.4, -0.2) is 45.6 Å². The van der Waals surface area contributed by atoms with Crippen molar-refractivity contribution in [2.75, 3.05) is 6.61 Å². The minimum atomic E-state index is -0.536. The van der Waals surface area contributed by atoms with Crippen molar-refractivity contribution in [3.05, 3.63) is 5.76 Å². The van der Waals surface area contributed by atoms with E-state index in [1.54, 1.807) is 11.8 Å². The highest BCUT2D eigenvalue weighted by atomic mass is 32.2. The van der Waals surface area contributed by atoms with E-state index in [0.717, 1.165) is 44.9 Å². The van der Waals surface area contributed by atoms with Crippen LogP contribution in [0, 0.1) is 23.2 Å². The number of primary amides is 1. The van der Waals surface area contributed by atoms with Crippen LogP contribution in [0.1, 0.15) is 88.6 Å². The van der Waals surface area contributed by atoms with E-state index in [-0.39, 0.29) is 36.6 Å². The van der Waals surface area contributed by atoms with Crippen LogP contribution >= 0.6 is 11.8 Å². The summed E-state index contributed by atoms with van der Waals surface area (Å²) in [4.78, 5) is 25.5. The zero-order chi connectivity index (χ0) is 24.1. The maximum atomic E-state index is 13.4. The molecule has 0 radical (unpaired) electrons. The van der Waals surface area contributed by atoms with Crippen LogP contribution in [0.3, 0.4) is 0 Å². The third kappa shape index (κ3) is 4.96. The molecule has 5 aliphatic carbocycles. The van der Waals surface area contributed by atoms with Gasteiger partial charge in [0.25, 0.3) is 11.8 Å². The molecule has 0 aromatic carbocycles. The first-order chi connectivity index (χ1) is 16.1. The first-order valence-corrected chi connectivity index (χ1v) is 13.6. The Morgan fingerprint density at radius 1 is 1.24 bits per heavy atom. The Kier molecular flexibility index (Phi) is 6.38. The Morgan fingerprint density at radius 2 is 1.91 bits per heavy atom. The summed E-state index contributed by atoms with van der Waals surface area (Å²) < 4.78 is 11.6. The number of carbonyl (C=O) groups excluding carboxylic acids is 2. The SMILES string of the molecule is CC(C)(COc1noc(C(=O)NC2C3CC4CC2CC(O)(C4)C3)c1SC1CCCC1)CC(N)=O. The van der Waals surface area contributed by atoms with Crippen LogP contribution < -0.4 is 15.8 Å². The first-order valence-electron chi connectivity index (χ1n) is 12.7. The van der Waals surface area contributed by atoms with Crippen molar-refractivity contribution < 1.29 is 24.0 Å². The predicted molar refractivity (Wildman–Crippen MR) is 127 cm³/mol. The molecule has 4 bridgehead atoms. The van der Waals surface area contributed by atoms with E-state index in [1.165, 1.54) is 12.8 Å². The summed E-state index contributed by atoms with van der Waals surface area (Å²) in [6.07, 6.45) is 9.36. The topological polar surface area (TPSA) is 128 Å². The summed E-state index contributed by atoms with van der Waals surface area (Å²) in [5, 5.41) is 18.7. The lowest BCUT2D eigenvalue weighted by atomic mass is 9.52. The lowest BCUT2D eigenvalue weighted by Gasteiger charge is -2.58. The van der Waals surface area contributed by atoms with Gasteiger partial charge in [-0.3, -0.25) is 9.59 Å². The highest BCUT2D eigenvalue weighted by Crippen LogP contribution is 2.55. The fraction of sp³-hybridized carbons (Fsp3) is 0.800. The monoisotopic (exact) mass is 491 g/mol. The lowest BCUT2D eigenvalue weighted by molar-refractivity contribution is -0.137. The summed E-state index contributed by atoms with van der Waals surface area (Å²) in [5.41, 5.74) is 4.38. The molecule has 2 amide bonds.